The van der Waals surface area contributed by atoms with Gasteiger partial charge < -0.3 is 10.6 Å². The van der Waals surface area contributed by atoms with Crippen LogP contribution in [0, 0.1) is 0 Å². The Morgan fingerprint density at radius 2 is 2.50 bits per heavy atom. The second kappa shape index (κ2) is 4.97. The Hall–Kier alpha value is -1.07. The highest BCUT2D eigenvalue weighted by Gasteiger charge is 2.23. The summed E-state index contributed by atoms with van der Waals surface area (Å²) >= 11 is 0. The summed E-state index contributed by atoms with van der Waals surface area (Å²) in [7, 11) is 0. The predicted molar refractivity (Wildman–Crippen MR) is 54.1 cm³/mol. The van der Waals surface area contributed by atoms with E-state index in [4.69, 9.17) is 0 Å². The third kappa shape index (κ3) is 2.46. The highest BCUT2D eigenvalue weighted by molar-refractivity contribution is 5.85. The van der Waals surface area contributed by atoms with E-state index in [0.29, 0.717) is 6.54 Å². The summed E-state index contributed by atoms with van der Waals surface area (Å²) in [6, 6.07) is 1.86. The molecule has 1 aliphatic rings. The molecular weight excluding hydrogens is 204 g/mol. The molecule has 0 unspecified atom stereocenters. The van der Waals surface area contributed by atoms with Crippen molar-refractivity contribution in [2.45, 2.75) is 19.0 Å². The number of amides is 1. The van der Waals surface area contributed by atoms with Crippen LogP contribution in [0.1, 0.15) is 12.1 Å². The molecule has 1 fully saturated rings. The quantitative estimate of drug-likeness (QED) is 0.656. The number of nitrogens with zero attached hydrogens (tertiary/aromatic N) is 1. The first-order valence-electron chi connectivity index (χ1n) is 4.35. The van der Waals surface area contributed by atoms with E-state index < -0.39 is 0 Å². The van der Waals surface area contributed by atoms with Crippen LogP contribution in [0.3, 0.4) is 0 Å². The zero-order chi connectivity index (χ0) is 9.10. The number of rotatable bonds is 3. The molecule has 1 aromatic heterocycles. The minimum absolute atomic E-state index is 0. The molecule has 1 amide bonds. The molecular formula is C8H13ClN4O. The molecule has 0 spiro atoms. The SMILES string of the molecule is Cl.O=C(NCc1ccn[nH]1)[C@H]1CCN1. The minimum atomic E-state index is 0. The summed E-state index contributed by atoms with van der Waals surface area (Å²) in [5.41, 5.74) is 0.924. The van der Waals surface area contributed by atoms with E-state index in [1.807, 2.05) is 6.07 Å². The fourth-order valence-electron chi connectivity index (χ4n) is 1.20. The maximum absolute atomic E-state index is 11.3. The average Bonchev–Trinajstić information content (AvgIpc) is 2.49. The van der Waals surface area contributed by atoms with Gasteiger partial charge in [0, 0.05) is 6.20 Å². The molecule has 1 saturated heterocycles. The molecule has 14 heavy (non-hydrogen) atoms. The van der Waals surface area contributed by atoms with Gasteiger partial charge in [0.05, 0.1) is 18.3 Å². The lowest BCUT2D eigenvalue weighted by Gasteiger charge is -2.26. The molecule has 2 rings (SSSR count). The number of nitrogens with one attached hydrogen (secondary N) is 3. The Bertz CT molecular complexity index is 284. The van der Waals surface area contributed by atoms with Crippen LogP contribution in [0.25, 0.3) is 0 Å². The molecule has 2 heterocycles. The highest BCUT2D eigenvalue weighted by atomic mass is 35.5. The molecule has 1 atom stereocenters. The fourth-order valence-corrected chi connectivity index (χ4v) is 1.20. The topological polar surface area (TPSA) is 69.8 Å². The van der Waals surface area contributed by atoms with E-state index in [9.17, 15) is 4.79 Å². The summed E-state index contributed by atoms with van der Waals surface area (Å²) in [5.74, 6) is 0.0702. The first-order valence-corrected chi connectivity index (χ1v) is 4.35. The van der Waals surface area contributed by atoms with Crippen LogP contribution in [0.2, 0.25) is 0 Å². The van der Waals surface area contributed by atoms with Crippen molar-refractivity contribution in [1.29, 1.82) is 0 Å². The van der Waals surface area contributed by atoms with Gasteiger partial charge >= 0.3 is 0 Å². The fraction of sp³-hybridized carbons (Fsp3) is 0.500. The number of aromatic amines is 1. The van der Waals surface area contributed by atoms with Crippen LogP contribution in [0.5, 0.6) is 0 Å². The molecule has 0 bridgehead atoms. The van der Waals surface area contributed by atoms with Gasteiger partial charge in [0.1, 0.15) is 0 Å². The molecule has 1 aliphatic heterocycles. The Labute approximate surface area is 88.1 Å². The van der Waals surface area contributed by atoms with Crippen molar-refractivity contribution in [2.24, 2.45) is 0 Å². The third-order valence-corrected chi connectivity index (χ3v) is 2.15. The van der Waals surface area contributed by atoms with E-state index in [1.54, 1.807) is 6.20 Å². The summed E-state index contributed by atoms with van der Waals surface area (Å²) < 4.78 is 0. The first-order chi connectivity index (χ1) is 6.36. The Balaban J connectivity index is 0.000000980. The standard InChI is InChI=1S/C8H12N4O.ClH/c13-8(7-2-3-9-7)10-5-6-1-4-11-12-6;/h1,4,7,9H,2-3,5H2,(H,10,13)(H,11,12);1H/t7-;/m1./s1. The molecule has 78 valence electrons. The van der Waals surface area contributed by atoms with Gasteiger partial charge in [-0.15, -0.1) is 12.4 Å². The van der Waals surface area contributed by atoms with Crippen LogP contribution < -0.4 is 10.6 Å². The number of hydrogen-bond donors (Lipinski definition) is 3. The van der Waals surface area contributed by atoms with Gasteiger partial charge in [-0.3, -0.25) is 9.89 Å². The van der Waals surface area contributed by atoms with Crippen LogP contribution in [0.4, 0.5) is 0 Å². The Morgan fingerprint density at radius 1 is 1.71 bits per heavy atom. The van der Waals surface area contributed by atoms with E-state index in [0.717, 1.165) is 18.7 Å². The number of carbonyl (C=O) groups is 1. The van der Waals surface area contributed by atoms with Gasteiger partial charge in [0.15, 0.2) is 0 Å². The lowest BCUT2D eigenvalue weighted by atomic mass is 10.1. The second-order valence-electron chi connectivity index (χ2n) is 3.10. The first kappa shape index (κ1) is 11.0. The van der Waals surface area contributed by atoms with Gasteiger partial charge in [-0.05, 0) is 19.0 Å². The summed E-state index contributed by atoms with van der Waals surface area (Å²) in [5, 5.41) is 12.4. The zero-order valence-electron chi connectivity index (χ0n) is 7.62. The van der Waals surface area contributed by atoms with E-state index in [2.05, 4.69) is 20.8 Å². The van der Waals surface area contributed by atoms with Crippen molar-refractivity contribution in [3.8, 4) is 0 Å². The molecule has 1 aromatic rings. The number of H-pyrrole nitrogens is 1. The maximum Gasteiger partial charge on any atom is 0.237 e. The van der Waals surface area contributed by atoms with Gasteiger partial charge in [0.25, 0.3) is 0 Å². The smallest absolute Gasteiger partial charge is 0.237 e. The summed E-state index contributed by atoms with van der Waals surface area (Å²) in [6.45, 7) is 1.47. The molecule has 0 radical (unpaired) electrons. The third-order valence-electron chi connectivity index (χ3n) is 2.15. The van der Waals surface area contributed by atoms with Crippen LogP contribution >= 0.6 is 12.4 Å². The van der Waals surface area contributed by atoms with Gasteiger partial charge in [-0.25, -0.2) is 0 Å². The lowest BCUT2D eigenvalue weighted by molar-refractivity contribution is -0.124. The van der Waals surface area contributed by atoms with Crippen molar-refractivity contribution in [3.05, 3.63) is 18.0 Å². The molecule has 0 aromatic carbocycles. The van der Waals surface area contributed by atoms with Gasteiger partial charge in [-0.2, -0.15) is 5.10 Å². The van der Waals surface area contributed by atoms with Crippen molar-refractivity contribution < 1.29 is 4.79 Å². The van der Waals surface area contributed by atoms with E-state index in [1.165, 1.54) is 0 Å². The number of halogens is 1. The van der Waals surface area contributed by atoms with Gasteiger partial charge in [0.2, 0.25) is 5.91 Å². The van der Waals surface area contributed by atoms with Crippen LogP contribution in [-0.4, -0.2) is 28.7 Å². The Kier molecular flexibility index (Phi) is 3.91. The monoisotopic (exact) mass is 216 g/mol. The highest BCUT2D eigenvalue weighted by Crippen LogP contribution is 2.01. The average molecular weight is 217 g/mol. The molecule has 5 nitrogen and oxygen atoms in total. The summed E-state index contributed by atoms with van der Waals surface area (Å²) in [6.07, 6.45) is 2.61. The predicted octanol–water partition coefficient (Wildman–Crippen LogP) is -0.190. The molecule has 6 heteroatoms. The van der Waals surface area contributed by atoms with E-state index >= 15 is 0 Å². The van der Waals surface area contributed by atoms with Crippen molar-refractivity contribution >= 4 is 18.3 Å². The molecule has 0 saturated carbocycles. The number of aromatic nitrogens is 2. The summed E-state index contributed by atoms with van der Waals surface area (Å²) in [4.78, 5) is 11.3. The zero-order valence-corrected chi connectivity index (χ0v) is 8.43. The molecule has 3 N–H and O–H groups in total. The van der Waals surface area contributed by atoms with Gasteiger partial charge in [-0.1, -0.05) is 0 Å². The maximum atomic E-state index is 11.3. The second-order valence-corrected chi connectivity index (χ2v) is 3.10. The number of carbonyl (C=O) groups excluding carboxylic acids is 1. The number of hydrogen-bond acceptors (Lipinski definition) is 3. The van der Waals surface area contributed by atoms with Crippen LogP contribution in [-0.2, 0) is 11.3 Å². The normalized spacial score (nSPS) is 19.3. The van der Waals surface area contributed by atoms with Crippen LogP contribution in [0.15, 0.2) is 12.3 Å². The largest absolute Gasteiger partial charge is 0.349 e. The van der Waals surface area contributed by atoms with Crippen molar-refractivity contribution in [3.63, 3.8) is 0 Å². The minimum Gasteiger partial charge on any atom is -0.349 e. The van der Waals surface area contributed by atoms with Crippen molar-refractivity contribution in [2.75, 3.05) is 6.54 Å². The molecule has 0 aliphatic carbocycles. The van der Waals surface area contributed by atoms with Crippen molar-refractivity contribution in [1.82, 2.24) is 20.8 Å². The Morgan fingerprint density at radius 3 is 3.00 bits per heavy atom. The lowest BCUT2D eigenvalue weighted by Crippen LogP contribution is -2.52. The van der Waals surface area contributed by atoms with E-state index in [-0.39, 0.29) is 24.4 Å².